The third kappa shape index (κ3) is 3.83. The Kier molecular flexibility index (Phi) is 4.76. The molecule has 1 aromatic heterocycles. The molecule has 0 bridgehead atoms. The van der Waals surface area contributed by atoms with E-state index in [4.69, 9.17) is 10.5 Å². The van der Waals surface area contributed by atoms with E-state index in [2.05, 4.69) is 5.10 Å². The lowest BCUT2D eigenvalue weighted by Gasteiger charge is -2.06. The van der Waals surface area contributed by atoms with Crippen LogP contribution in [0, 0.1) is 0 Å². The van der Waals surface area contributed by atoms with Crippen molar-refractivity contribution in [2.45, 2.75) is 12.7 Å². The van der Waals surface area contributed by atoms with Gasteiger partial charge >= 0.3 is 0 Å². The number of nitrogens with two attached hydrogens (primary N) is 1. The highest BCUT2D eigenvalue weighted by molar-refractivity contribution is 7.89. The molecule has 0 atom stereocenters. The van der Waals surface area contributed by atoms with Gasteiger partial charge in [0.15, 0.2) is 0 Å². The summed E-state index contributed by atoms with van der Waals surface area (Å²) in [5.74, 6) is 0.665. The Morgan fingerprint density at radius 3 is 2.40 bits per heavy atom. The molecule has 7 heteroatoms. The normalized spacial score (nSPS) is 11.4. The summed E-state index contributed by atoms with van der Waals surface area (Å²) >= 11 is 0. The molecule has 0 aliphatic carbocycles. The number of rotatable bonds is 6. The van der Waals surface area contributed by atoms with Gasteiger partial charge < -0.3 is 10.5 Å². The zero-order chi connectivity index (χ0) is 17.9. The van der Waals surface area contributed by atoms with Crippen molar-refractivity contribution >= 4 is 15.8 Å². The molecule has 0 saturated carbocycles. The minimum Gasteiger partial charge on any atom is -0.494 e. The molecule has 0 aliphatic rings. The van der Waals surface area contributed by atoms with Crippen LogP contribution in [-0.2, 0) is 15.8 Å². The fourth-order valence-corrected chi connectivity index (χ4v) is 3.80. The number of nitrogens with zero attached hydrogens (tertiary/aromatic N) is 2. The first-order valence-electron chi connectivity index (χ1n) is 7.85. The van der Waals surface area contributed by atoms with E-state index in [1.165, 1.54) is 0 Å². The summed E-state index contributed by atoms with van der Waals surface area (Å²) in [7, 11) is -3.69. The van der Waals surface area contributed by atoms with Crippen LogP contribution in [0.4, 0.5) is 5.82 Å². The molecule has 0 spiro atoms. The molecule has 1 heterocycles. The second-order valence-corrected chi connectivity index (χ2v) is 7.29. The Labute approximate surface area is 146 Å². The molecule has 0 aliphatic heterocycles. The molecular formula is C18H19N3O3S. The molecule has 0 amide bonds. The SMILES string of the molecule is CCOc1ccc(-c2cc(N)n(S(=O)(=O)Cc3ccccc3)n2)cc1. The fourth-order valence-electron chi connectivity index (χ4n) is 2.48. The molecule has 0 fully saturated rings. The molecule has 3 aromatic rings. The summed E-state index contributed by atoms with van der Waals surface area (Å²) in [6, 6.07) is 17.8. The smallest absolute Gasteiger partial charge is 0.259 e. The van der Waals surface area contributed by atoms with Crippen LogP contribution in [0.1, 0.15) is 12.5 Å². The van der Waals surface area contributed by atoms with Crippen LogP contribution in [0.15, 0.2) is 60.7 Å². The van der Waals surface area contributed by atoms with Gasteiger partial charge in [0, 0.05) is 11.6 Å². The highest BCUT2D eigenvalue weighted by Gasteiger charge is 2.20. The number of benzene rings is 2. The summed E-state index contributed by atoms with van der Waals surface area (Å²) in [4.78, 5) is 0. The van der Waals surface area contributed by atoms with E-state index in [0.717, 1.165) is 15.4 Å². The molecule has 6 nitrogen and oxygen atoms in total. The molecule has 0 unspecified atom stereocenters. The third-order valence-corrected chi connectivity index (χ3v) is 5.14. The maximum atomic E-state index is 12.6. The van der Waals surface area contributed by atoms with Crippen LogP contribution >= 0.6 is 0 Å². The lowest BCUT2D eigenvalue weighted by atomic mass is 10.1. The maximum absolute atomic E-state index is 12.6. The van der Waals surface area contributed by atoms with E-state index in [-0.39, 0.29) is 11.6 Å². The van der Waals surface area contributed by atoms with Crippen molar-refractivity contribution < 1.29 is 13.2 Å². The van der Waals surface area contributed by atoms with Crippen LogP contribution in [0.3, 0.4) is 0 Å². The largest absolute Gasteiger partial charge is 0.494 e. The number of ether oxygens (including phenoxy) is 1. The van der Waals surface area contributed by atoms with Crippen molar-refractivity contribution in [3.05, 3.63) is 66.2 Å². The van der Waals surface area contributed by atoms with Crippen LogP contribution in [-0.4, -0.2) is 24.2 Å². The van der Waals surface area contributed by atoms with Gasteiger partial charge in [0.25, 0.3) is 10.0 Å². The van der Waals surface area contributed by atoms with E-state index in [0.29, 0.717) is 17.9 Å². The van der Waals surface area contributed by atoms with Crippen LogP contribution in [0.2, 0.25) is 0 Å². The van der Waals surface area contributed by atoms with Crippen molar-refractivity contribution in [1.82, 2.24) is 9.19 Å². The van der Waals surface area contributed by atoms with Gasteiger partial charge in [-0.05, 0) is 36.8 Å². The number of nitrogen functional groups attached to an aromatic ring is 1. The average molecular weight is 357 g/mol. The van der Waals surface area contributed by atoms with Gasteiger partial charge in [-0.2, -0.15) is 5.10 Å². The van der Waals surface area contributed by atoms with E-state index in [9.17, 15) is 8.42 Å². The highest BCUT2D eigenvalue weighted by atomic mass is 32.2. The van der Waals surface area contributed by atoms with Crippen molar-refractivity contribution in [3.8, 4) is 17.0 Å². The second-order valence-electron chi connectivity index (χ2n) is 5.50. The van der Waals surface area contributed by atoms with Crippen molar-refractivity contribution in [3.63, 3.8) is 0 Å². The minimum absolute atomic E-state index is 0.0832. The lowest BCUT2D eigenvalue weighted by molar-refractivity contribution is 0.340. The first kappa shape index (κ1) is 17.0. The van der Waals surface area contributed by atoms with Gasteiger partial charge in [-0.25, -0.2) is 8.42 Å². The van der Waals surface area contributed by atoms with Crippen molar-refractivity contribution in [2.24, 2.45) is 0 Å². The van der Waals surface area contributed by atoms with Crippen LogP contribution in [0.5, 0.6) is 5.75 Å². The van der Waals surface area contributed by atoms with Crippen molar-refractivity contribution in [1.29, 1.82) is 0 Å². The molecule has 25 heavy (non-hydrogen) atoms. The number of aromatic nitrogens is 2. The molecule has 130 valence electrons. The first-order chi connectivity index (χ1) is 12.0. The molecule has 3 rings (SSSR count). The number of anilines is 1. The number of hydrogen-bond acceptors (Lipinski definition) is 5. The van der Waals surface area contributed by atoms with E-state index in [1.807, 2.05) is 37.3 Å². The highest BCUT2D eigenvalue weighted by Crippen LogP contribution is 2.24. The third-order valence-electron chi connectivity index (χ3n) is 3.62. The van der Waals surface area contributed by atoms with Crippen LogP contribution < -0.4 is 10.5 Å². The minimum atomic E-state index is -3.69. The maximum Gasteiger partial charge on any atom is 0.259 e. The van der Waals surface area contributed by atoms with Crippen LogP contribution in [0.25, 0.3) is 11.3 Å². The lowest BCUT2D eigenvalue weighted by Crippen LogP contribution is -2.18. The molecule has 2 aromatic carbocycles. The topological polar surface area (TPSA) is 87.2 Å². The Bertz CT molecular complexity index is 949. The zero-order valence-corrected chi connectivity index (χ0v) is 14.6. The Morgan fingerprint density at radius 1 is 1.08 bits per heavy atom. The molecule has 0 radical (unpaired) electrons. The predicted molar refractivity (Wildman–Crippen MR) is 97.7 cm³/mol. The zero-order valence-electron chi connectivity index (χ0n) is 13.8. The van der Waals surface area contributed by atoms with Gasteiger partial charge in [0.1, 0.15) is 11.6 Å². The summed E-state index contributed by atoms with van der Waals surface area (Å²) in [6.45, 7) is 2.49. The summed E-state index contributed by atoms with van der Waals surface area (Å²) in [6.07, 6.45) is 0. The predicted octanol–water partition coefficient (Wildman–Crippen LogP) is 2.91. The monoisotopic (exact) mass is 357 g/mol. The Hall–Kier alpha value is -2.80. The molecule has 0 saturated heterocycles. The summed E-state index contributed by atoms with van der Waals surface area (Å²) in [5, 5.41) is 4.19. The standard InChI is InChI=1S/C18H19N3O3S/c1-2-24-16-10-8-15(9-11-16)17-12-18(19)21(20-17)25(22,23)13-14-6-4-3-5-7-14/h3-12H,2,13,19H2,1H3. The van der Waals surface area contributed by atoms with Gasteiger partial charge in [-0.1, -0.05) is 30.3 Å². The van der Waals surface area contributed by atoms with Gasteiger partial charge in [0.05, 0.1) is 18.1 Å². The van der Waals surface area contributed by atoms with Gasteiger partial charge in [0.2, 0.25) is 0 Å². The Morgan fingerprint density at radius 2 is 1.76 bits per heavy atom. The average Bonchev–Trinajstić information content (AvgIpc) is 2.99. The number of hydrogen-bond donors (Lipinski definition) is 1. The van der Waals surface area contributed by atoms with E-state index >= 15 is 0 Å². The van der Waals surface area contributed by atoms with Gasteiger partial charge in [-0.3, -0.25) is 0 Å². The first-order valence-corrected chi connectivity index (χ1v) is 9.46. The van der Waals surface area contributed by atoms with E-state index < -0.39 is 10.0 Å². The second kappa shape index (κ2) is 6.98. The van der Waals surface area contributed by atoms with Gasteiger partial charge in [-0.15, -0.1) is 4.09 Å². The quantitative estimate of drug-likeness (QED) is 0.733. The summed E-state index contributed by atoms with van der Waals surface area (Å²) < 4.78 is 31.5. The fraction of sp³-hybridized carbons (Fsp3) is 0.167. The van der Waals surface area contributed by atoms with Crippen molar-refractivity contribution in [2.75, 3.05) is 12.3 Å². The Balaban J connectivity index is 1.89. The van der Waals surface area contributed by atoms with E-state index in [1.54, 1.807) is 30.3 Å². The molecular weight excluding hydrogens is 338 g/mol. The molecule has 2 N–H and O–H groups in total. The summed E-state index contributed by atoms with van der Waals surface area (Å²) in [5.41, 5.74) is 7.84.